The molecule has 7 nitrogen and oxygen atoms in total. The van der Waals surface area contributed by atoms with Gasteiger partial charge in [-0.25, -0.2) is 4.98 Å². The molecule has 1 saturated heterocycles. The van der Waals surface area contributed by atoms with Crippen LogP contribution in [0.3, 0.4) is 0 Å². The Morgan fingerprint density at radius 2 is 2.12 bits per heavy atom. The Hall–Kier alpha value is -2.84. The molecule has 4 heterocycles. The van der Waals surface area contributed by atoms with E-state index in [4.69, 9.17) is 15.5 Å². The highest BCUT2D eigenvalue weighted by atomic mass is 32.1. The molecule has 0 radical (unpaired) electrons. The van der Waals surface area contributed by atoms with Crippen LogP contribution in [0.25, 0.3) is 32.8 Å². The molecule has 1 fully saturated rings. The van der Waals surface area contributed by atoms with E-state index in [1.54, 1.807) is 18.4 Å². The molecule has 1 aliphatic rings. The first-order valence-corrected chi connectivity index (χ1v) is 11.9. The highest BCUT2D eigenvalue weighted by Crippen LogP contribution is 2.36. The number of thiophene rings is 1. The zero-order valence-electron chi connectivity index (χ0n) is 19.0. The van der Waals surface area contributed by atoms with Gasteiger partial charge >= 0.3 is 0 Å². The number of aryl methyl sites for hydroxylation is 3. The summed E-state index contributed by atoms with van der Waals surface area (Å²) in [5.74, 6) is 1.51. The normalized spacial score (nSPS) is 16.9. The number of aromatic nitrogens is 3. The van der Waals surface area contributed by atoms with E-state index in [1.807, 2.05) is 24.1 Å². The maximum atomic E-state index is 13.2. The number of hydrogen-bond acceptors (Lipinski definition) is 5. The summed E-state index contributed by atoms with van der Waals surface area (Å²) in [5.41, 5.74) is 9.41. The molecule has 5 rings (SSSR count). The number of nitrogens with zero attached hydrogens (tertiary/aromatic N) is 4. The number of rotatable bonds is 4. The molecule has 0 aliphatic carbocycles. The van der Waals surface area contributed by atoms with Crippen molar-refractivity contribution in [3.63, 3.8) is 0 Å². The van der Waals surface area contributed by atoms with Crippen LogP contribution in [0.1, 0.15) is 35.0 Å². The van der Waals surface area contributed by atoms with Crippen LogP contribution in [0, 0.1) is 6.92 Å². The lowest BCUT2D eigenvalue weighted by Gasteiger charge is -2.30. The van der Waals surface area contributed by atoms with Gasteiger partial charge in [-0.1, -0.05) is 0 Å². The topological polar surface area (TPSA) is 78.3 Å². The van der Waals surface area contributed by atoms with Gasteiger partial charge in [0.2, 0.25) is 0 Å². The summed E-state index contributed by atoms with van der Waals surface area (Å²) in [6, 6.07) is 8.18. The SMILES string of the molecule is CCn1c(-c2nc3cc(C(=O)N4CCC[C@@H](N)C4)cc(OC)c3n2C)cc2cc(C)sc21. The Bertz CT molecular complexity index is 1330. The average molecular weight is 452 g/mol. The van der Waals surface area contributed by atoms with Gasteiger partial charge in [-0.2, -0.15) is 0 Å². The number of piperidine rings is 1. The molecule has 0 spiro atoms. The Morgan fingerprint density at radius 3 is 2.84 bits per heavy atom. The van der Waals surface area contributed by atoms with E-state index in [9.17, 15) is 4.79 Å². The van der Waals surface area contributed by atoms with E-state index >= 15 is 0 Å². The van der Waals surface area contributed by atoms with Crippen LogP contribution < -0.4 is 10.5 Å². The number of carbonyl (C=O) groups is 1. The predicted octanol–water partition coefficient (Wildman–Crippen LogP) is 4.16. The fourth-order valence-electron chi connectivity index (χ4n) is 4.87. The van der Waals surface area contributed by atoms with Crippen LogP contribution in [0.5, 0.6) is 5.75 Å². The molecule has 2 N–H and O–H groups in total. The number of nitrogens with two attached hydrogens (primary N) is 1. The zero-order valence-corrected chi connectivity index (χ0v) is 19.8. The molecular formula is C24H29N5O2S. The summed E-state index contributed by atoms with van der Waals surface area (Å²) >= 11 is 1.80. The molecule has 1 atom stereocenters. The average Bonchev–Trinajstić information content (AvgIpc) is 3.41. The van der Waals surface area contributed by atoms with Crippen LogP contribution in [0.4, 0.5) is 0 Å². The quantitative estimate of drug-likeness (QED) is 0.505. The lowest BCUT2D eigenvalue weighted by Crippen LogP contribution is -2.45. The molecular weight excluding hydrogens is 422 g/mol. The van der Waals surface area contributed by atoms with Gasteiger partial charge in [-0.15, -0.1) is 11.3 Å². The first-order valence-electron chi connectivity index (χ1n) is 11.1. The lowest BCUT2D eigenvalue weighted by molar-refractivity contribution is 0.0708. The third kappa shape index (κ3) is 3.29. The van der Waals surface area contributed by atoms with E-state index in [-0.39, 0.29) is 11.9 Å². The van der Waals surface area contributed by atoms with Gasteiger partial charge < -0.3 is 24.5 Å². The highest BCUT2D eigenvalue weighted by Gasteiger charge is 2.25. The van der Waals surface area contributed by atoms with Crippen molar-refractivity contribution in [1.29, 1.82) is 0 Å². The number of methoxy groups -OCH3 is 1. The number of carbonyl (C=O) groups excluding carboxylic acids is 1. The molecule has 168 valence electrons. The van der Waals surface area contributed by atoms with Gasteiger partial charge in [0.1, 0.15) is 16.1 Å². The van der Waals surface area contributed by atoms with Gasteiger partial charge in [0.25, 0.3) is 5.91 Å². The summed E-state index contributed by atoms with van der Waals surface area (Å²) in [7, 11) is 3.64. The monoisotopic (exact) mass is 451 g/mol. The molecule has 0 bridgehead atoms. The van der Waals surface area contributed by atoms with Crippen LogP contribution in [-0.2, 0) is 13.6 Å². The minimum absolute atomic E-state index is 0.0134. The second-order valence-electron chi connectivity index (χ2n) is 8.59. The molecule has 32 heavy (non-hydrogen) atoms. The van der Waals surface area contributed by atoms with Gasteiger partial charge in [-0.05, 0) is 51.0 Å². The number of hydrogen-bond donors (Lipinski definition) is 1. The first kappa shape index (κ1) is 21.0. The number of benzene rings is 1. The van der Waals surface area contributed by atoms with Crippen molar-refractivity contribution in [3.05, 3.63) is 34.7 Å². The lowest BCUT2D eigenvalue weighted by atomic mass is 10.0. The number of amides is 1. The number of fused-ring (bicyclic) bond motifs is 2. The summed E-state index contributed by atoms with van der Waals surface area (Å²) < 4.78 is 10.1. The van der Waals surface area contributed by atoms with Crippen molar-refractivity contribution < 1.29 is 9.53 Å². The largest absolute Gasteiger partial charge is 0.494 e. The van der Waals surface area contributed by atoms with Crippen molar-refractivity contribution in [1.82, 2.24) is 19.0 Å². The Labute approximate surface area is 191 Å². The number of imidazole rings is 1. The predicted molar refractivity (Wildman–Crippen MR) is 130 cm³/mol. The van der Waals surface area contributed by atoms with Crippen LogP contribution >= 0.6 is 11.3 Å². The first-order chi connectivity index (χ1) is 15.4. The maximum absolute atomic E-state index is 13.2. The van der Waals surface area contributed by atoms with Crippen molar-refractivity contribution in [2.75, 3.05) is 20.2 Å². The third-order valence-corrected chi connectivity index (χ3v) is 7.47. The minimum Gasteiger partial charge on any atom is -0.494 e. The van der Waals surface area contributed by atoms with Gasteiger partial charge in [0.15, 0.2) is 5.82 Å². The highest BCUT2D eigenvalue weighted by molar-refractivity contribution is 7.18. The Morgan fingerprint density at radius 1 is 1.31 bits per heavy atom. The Kier molecular flexibility index (Phi) is 5.22. The second kappa shape index (κ2) is 7.94. The van der Waals surface area contributed by atoms with Crippen molar-refractivity contribution >= 4 is 38.5 Å². The van der Waals surface area contributed by atoms with E-state index in [0.29, 0.717) is 17.9 Å². The fraction of sp³-hybridized carbons (Fsp3) is 0.417. The van der Waals surface area contributed by atoms with Crippen LogP contribution in [0.2, 0.25) is 0 Å². The smallest absolute Gasteiger partial charge is 0.254 e. The third-order valence-electron chi connectivity index (χ3n) is 6.38. The summed E-state index contributed by atoms with van der Waals surface area (Å²) in [6.07, 6.45) is 1.90. The summed E-state index contributed by atoms with van der Waals surface area (Å²) in [4.78, 5) is 22.6. The van der Waals surface area contributed by atoms with Gasteiger partial charge in [0, 0.05) is 48.6 Å². The number of likely N-dealkylation sites (tertiary alicyclic amines) is 1. The second-order valence-corrected chi connectivity index (χ2v) is 9.82. The van der Waals surface area contributed by atoms with E-state index in [2.05, 4.69) is 35.1 Å². The van der Waals surface area contributed by atoms with Crippen molar-refractivity contribution in [2.45, 2.75) is 39.3 Å². The molecule has 3 aromatic heterocycles. The van der Waals surface area contributed by atoms with E-state index < -0.39 is 0 Å². The minimum atomic E-state index is -0.0134. The van der Waals surface area contributed by atoms with Gasteiger partial charge in [0.05, 0.1) is 18.3 Å². The maximum Gasteiger partial charge on any atom is 0.254 e. The zero-order chi connectivity index (χ0) is 22.6. The van der Waals surface area contributed by atoms with Gasteiger partial charge in [-0.3, -0.25) is 4.79 Å². The van der Waals surface area contributed by atoms with Crippen molar-refractivity contribution in [2.24, 2.45) is 12.8 Å². The molecule has 4 aromatic rings. The fourth-order valence-corrected chi connectivity index (χ4v) is 5.93. The molecule has 0 unspecified atom stereocenters. The standard InChI is InChI=1S/C24H29N5O2S/c1-5-29-19(11-16-9-14(2)32-24(16)29)22-26-18-10-15(12-20(31-4)21(18)27(22)3)23(30)28-8-6-7-17(25)13-28/h9-12,17H,5-8,13,25H2,1-4H3/t17-/m1/s1. The molecule has 1 aromatic carbocycles. The summed E-state index contributed by atoms with van der Waals surface area (Å²) in [6.45, 7) is 6.48. The molecule has 0 saturated carbocycles. The molecule has 1 aliphatic heterocycles. The van der Waals surface area contributed by atoms with Crippen LogP contribution in [0.15, 0.2) is 24.3 Å². The van der Waals surface area contributed by atoms with E-state index in [0.717, 1.165) is 48.5 Å². The molecule has 1 amide bonds. The number of ether oxygens (including phenoxy) is 1. The van der Waals surface area contributed by atoms with E-state index in [1.165, 1.54) is 15.1 Å². The molecule has 8 heteroatoms. The van der Waals surface area contributed by atoms with Crippen molar-refractivity contribution in [3.8, 4) is 17.3 Å². The summed E-state index contributed by atoms with van der Waals surface area (Å²) in [5, 5.41) is 1.24. The Balaban J connectivity index is 1.63. The van der Waals surface area contributed by atoms with Crippen LogP contribution in [-0.4, -0.2) is 51.2 Å².